The topological polar surface area (TPSA) is 49.4 Å². The lowest BCUT2D eigenvalue weighted by atomic mass is 10.1. The van der Waals surface area contributed by atoms with Crippen molar-refractivity contribution in [1.29, 1.82) is 0 Å². The second-order valence-corrected chi connectivity index (χ2v) is 6.82. The van der Waals surface area contributed by atoms with Crippen molar-refractivity contribution in [3.63, 3.8) is 0 Å². The lowest BCUT2D eigenvalue weighted by molar-refractivity contribution is 0.0792. The molecule has 0 aromatic heterocycles. The fraction of sp³-hybridized carbons (Fsp3) is 0.600. The Labute approximate surface area is 145 Å². The van der Waals surface area contributed by atoms with E-state index in [0.717, 1.165) is 32.2 Å². The predicted molar refractivity (Wildman–Crippen MR) is 97.3 cm³/mol. The normalized spacial score (nSPS) is 15.6. The Morgan fingerprint density at radius 2 is 1.62 bits per heavy atom. The van der Waals surface area contributed by atoms with Crippen LogP contribution >= 0.6 is 0 Å². The minimum atomic E-state index is -0.0276. The van der Waals surface area contributed by atoms with E-state index >= 15 is 0 Å². The van der Waals surface area contributed by atoms with Crippen LogP contribution in [-0.2, 0) is 0 Å². The summed E-state index contributed by atoms with van der Waals surface area (Å²) in [6, 6.07) is 7.32. The summed E-state index contributed by atoms with van der Waals surface area (Å²) in [6.07, 6.45) is 9.16. The summed E-state index contributed by atoms with van der Waals surface area (Å²) in [5.41, 5.74) is 1.27. The molecule has 0 aliphatic heterocycles. The van der Waals surface area contributed by atoms with Gasteiger partial charge >= 0.3 is 0 Å². The van der Waals surface area contributed by atoms with Crippen molar-refractivity contribution >= 4 is 11.8 Å². The summed E-state index contributed by atoms with van der Waals surface area (Å²) in [5.74, 6) is -0.0144. The highest BCUT2D eigenvalue weighted by molar-refractivity contribution is 5.97. The molecule has 0 heterocycles. The molecule has 0 spiro atoms. The van der Waals surface area contributed by atoms with E-state index in [-0.39, 0.29) is 11.8 Å². The standard InChI is InChI=1S/C20H30N2O2/c1-3-4-15-22(2)20(24)17-13-11-16(12-14-17)19(23)21-18-9-7-5-6-8-10-18/h11-14,18H,3-10,15H2,1-2H3,(H,21,23). The molecule has 1 aromatic rings. The maximum absolute atomic E-state index is 12.4. The molecule has 1 fully saturated rings. The lowest BCUT2D eigenvalue weighted by Crippen LogP contribution is -2.34. The first-order valence-corrected chi connectivity index (χ1v) is 9.28. The summed E-state index contributed by atoms with van der Waals surface area (Å²) in [4.78, 5) is 26.4. The zero-order chi connectivity index (χ0) is 17.4. The Morgan fingerprint density at radius 1 is 1.04 bits per heavy atom. The minimum absolute atomic E-state index is 0.0131. The minimum Gasteiger partial charge on any atom is -0.349 e. The van der Waals surface area contributed by atoms with Gasteiger partial charge in [0.2, 0.25) is 0 Å². The molecule has 0 saturated heterocycles. The summed E-state index contributed by atoms with van der Waals surface area (Å²) in [7, 11) is 1.82. The number of hydrogen-bond donors (Lipinski definition) is 1. The molecule has 1 aliphatic carbocycles. The molecule has 0 bridgehead atoms. The molecule has 0 atom stereocenters. The molecule has 4 nitrogen and oxygen atoms in total. The lowest BCUT2D eigenvalue weighted by Gasteiger charge is -2.18. The molecular formula is C20H30N2O2. The Balaban J connectivity index is 1.92. The third-order valence-electron chi connectivity index (χ3n) is 4.78. The van der Waals surface area contributed by atoms with Gasteiger partial charge in [0.25, 0.3) is 11.8 Å². The van der Waals surface area contributed by atoms with Crippen molar-refractivity contribution < 1.29 is 9.59 Å². The molecule has 24 heavy (non-hydrogen) atoms. The number of nitrogens with one attached hydrogen (secondary N) is 1. The van der Waals surface area contributed by atoms with Gasteiger partial charge in [0.15, 0.2) is 0 Å². The Kier molecular flexibility index (Phi) is 7.29. The second kappa shape index (κ2) is 9.45. The Morgan fingerprint density at radius 3 is 2.21 bits per heavy atom. The zero-order valence-electron chi connectivity index (χ0n) is 15.0. The van der Waals surface area contributed by atoms with Crippen LogP contribution in [0.5, 0.6) is 0 Å². The first-order valence-electron chi connectivity index (χ1n) is 9.28. The molecule has 2 amide bonds. The van der Waals surface area contributed by atoms with Gasteiger partial charge in [-0.05, 0) is 43.5 Å². The van der Waals surface area contributed by atoms with Crippen LogP contribution in [0, 0.1) is 0 Å². The van der Waals surface area contributed by atoms with Crippen molar-refractivity contribution in [3.05, 3.63) is 35.4 Å². The van der Waals surface area contributed by atoms with E-state index in [9.17, 15) is 9.59 Å². The number of rotatable bonds is 6. The number of nitrogens with zero attached hydrogens (tertiary/aromatic N) is 1. The van der Waals surface area contributed by atoms with E-state index in [4.69, 9.17) is 0 Å². The van der Waals surface area contributed by atoms with Crippen molar-refractivity contribution in [2.75, 3.05) is 13.6 Å². The maximum Gasteiger partial charge on any atom is 0.253 e. The average molecular weight is 330 g/mol. The Bertz CT molecular complexity index is 531. The molecule has 2 rings (SSSR count). The largest absolute Gasteiger partial charge is 0.349 e. The van der Waals surface area contributed by atoms with E-state index in [1.54, 1.807) is 29.2 Å². The molecule has 132 valence electrons. The quantitative estimate of drug-likeness (QED) is 0.801. The molecule has 4 heteroatoms. The molecule has 1 saturated carbocycles. The maximum atomic E-state index is 12.4. The first-order chi connectivity index (χ1) is 11.6. The van der Waals surface area contributed by atoms with Crippen LogP contribution in [0.3, 0.4) is 0 Å². The number of carbonyl (C=O) groups excluding carboxylic acids is 2. The zero-order valence-corrected chi connectivity index (χ0v) is 15.0. The number of hydrogen-bond acceptors (Lipinski definition) is 2. The van der Waals surface area contributed by atoms with Crippen LogP contribution in [0.1, 0.15) is 79.0 Å². The van der Waals surface area contributed by atoms with Crippen molar-refractivity contribution in [1.82, 2.24) is 10.2 Å². The van der Waals surface area contributed by atoms with Crippen molar-refractivity contribution in [2.24, 2.45) is 0 Å². The van der Waals surface area contributed by atoms with Gasteiger partial charge in [-0.1, -0.05) is 39.0 Å². The summed E-state index contributed by atoms with van der Waals surface area (Å²) >= 11 is 0. The van der Waals surface area contributed by atoms with Gasteiger partial charge in [-0.2, -0.15) is 0 Å². The van der Waals surface area contributed by atoms with Gasteiger partial charge in [0.1, 0.15) is 0 Å². The van der Waals surface area contributed by atoms with Crippen LogP contribution in [0.2, 0.25) is 0 Å². The molecule has 1 N–H and O–H groups in total. The highest BCUT2D eigenvalue weighted by Gasteiger charge is 2.16. The highest BCUT2D eigenvalue weighted by Crippen LogP contribution is 2.18. The van der Waals surface area contributed by atoms with E-state index in [0.29, 0.717) is 17.2 Å². The third kappa shape index (κ3) is 5.36. The van der Waals surface area contributed by atoms with Gasteiger partial charge in [-0.15, -0.1) is 0 Å². The van der Waals surface area contributed by atoms with Gasteiger partial charge in [0.05, 0.1) is 0 Å². The van der Waals surface area contributed by atoms with E-state index < -0.39 is 0 Å². The first kappa shape index (κ1) is 18.5. The van der Waals surface area contributed by atoms with Gasteiger partial charge in [-0.25, -0.2) is 0 Å². The summed E-state index contributed by atoms with van der Waals surface area (Å²) in [5, 5.41) is 3.14. The molecule has 1 aliphatic rings. The highest BCUT2D eigenvalue weighted by atomic mass is 16.2. The number of benzene rings is 1. The number of carbonyl (C=O) groups is 2. The summed E-state index contributed by atoms with van der Waals surface area (Å²) in [6.45, 7) is 2.87. The van der Waals surface area contributed by atoms with Gasteiger partial charge < -0.3 is 10.2 Å². The summed E-state index contributed by atoms with van der Waals surface area (Å²) < 4.78 is 0. The van der Waals surface area contributed by atoms with Gasteiger partial charge in [-0.3, -0.25) is 9.59 Å². The monoisotopic (exact) mass is 330 g/mol. The van der Waals surface area contributed by atoms with Crippen LogP contribution in [0.15, 0.2) is 24.3 Å². The predicted octanol–water partition coefficient (Wildman–Crippen LogP) is 4.01. The average Bonchev–Trinajstić information content (AvgIpc) is 2.87. The molecule has 0 radical (unpaired) electrons. The SMILES string of the molecule is CCCCN(C)C(=O)c1ccc(C(=O)NC2CCCCCC2)cc1. The molecule has 0 unspecified atom stereocenters. The number of amides is 2. The van der Waals surface area contributed by atoms with E-state index in [2.05, 4.69) is 12.2 Å². The van der Waals surface area contributed by atoms with Crippen molar-refractivity contribution in [3.8, 4) is 0 Å². The molecule has 1 aromatic carbocycles. The van der Waals surface area contributed by atoms with E-state index in [1.807, 2.05) is 7.05 Å². The fourth-order valence-electron chi connectivity index (χ4n) is 3.17. The van der Waals surface area contributed by atoms with Crippen LogP contribution < -0.4 is 5.32 Å². The fourth-order valence-corrected chi connectivity index (χ4v) is 3.17. The Hall–Kier alpha value is -1.84. The van der Waals surface area contributed by atoms with Crippen LogP contribution in [0.4, 0.5) is 0 Å². The van der Waals surface area contributed by atoms with E-state index in [1.165, 1.54) is 25.7 Å². The van der Waals surface area contributed by atoms with Crippen LogP contribution in [0.25, 0.3) is 0 Å². The van der Waals surface area contributed by atoms with Crippen molar-refractivity contribution in [2.45, 2.75) is 64.3 Å². The molecular weight excluding hydrogens is 300 g/mol. The smallest absolute Gasteiger partial charge is 0.253 e. The van der Waals surface area contributed by atoms with Crippen LogP contribution in [-0.4, -0.2) is 36.3 Å². The second-order valence-electron chi connectivity index (χ2n) is 6.82. The number of unbranched alkanes of at least 4 members (excludes halogenated alkanes) is 1. The van der Waals surface area contributed by atoms with Gasteiger partial charge in [0, 0.05) is 30.8 Å². The third-order valence-corrected chi connectivity index (χ3v) is 4.78.